The fraction of sp³-hybridized carbons (Fsp3) is 0.867. The summed E-state index contributed by atoms with van der Waals surface area (Å²) in [6, 6.07) is 0. The summed E-state index contributed by atoms with van der Waals surface area (Å²) in [4.78, 5) is 23.4. The van der Waals surface area contributed by atoms with Crippen LogP contribution in [0.4, 0.5) is 4.79 Å². The van der Waals surface area contributed by atoms with Crippen molar-refractivity contribution in [3.8, 4) is 0 Å². The molecule has 136 valence electrons. The van der Waals surface area contributed by atoms with E-state index < -0.39 is 33.7 Å². The maximum absolute atomic E-state index is 11.9. The van der Waals surface area contributed by atoms with Crippen molar-refractivity contribution in [2.24, 2.45) is 17.8 Å². The summed E-state index contributed by atoms with van der Waals surface area (Å²) in [5.74, 6) is -0.484. The third kappa shape index (κ3) is 3.11. The van der Waals surface area contributed by atoms with E-state index in [2.05, 4.69) is 5.32 Å². The van der Waals surface area contributed by atoms with Crippen molar-refractivity contribution >= 4 is 22.2 Å². The molecular formula is C15H23NO7S. The molecule has 24 heavy (non-hydrogen) atoms. The largest absolute Gasteiger partial charge is 0.464 e. The molecule has 1 N–H and O–H groups in total. The lowest BCUT2D eigenvalue weighted by molar-refractivity contribution is -0.147. The van der Waals surface area contributed by atoms with Crippen LogP contribution < -0.4 is 5.32 Å². The van der Waals surface area contributed by atoms with Crippen molar-refractivity contribution in [2.45, 2.75) is 50.6 Å². The minimum absolute atomic E-state index is 0.0382. The van der Waals surface area contributed by atoms with Crippen LogP contribution in [0.25, 0.3) is 0 Å². The Morgan fingerprint density at radius 3 is 2.79 bits per heavy atom. The zero-order chi connectivity index (χ0) is 17.5. The summed E-state index contributed by atoms with van der Waals surface area (Å²) in [6.07, 6.45) is 0.201. The smallest absolute Gasteiger partial charge is 0.407 e. The van der Waals surface area contributed by atoms with E-state index >= 15 is 0 Å². The Hall–Kier alpha value is -1.35. The lowest BCUT2D eigenvalue weighted by atomic mass is 9.94. The predicted octanol–water partition coefficient (Wildman–Crippen LogP) is 0.808. The van der Waals surface area contributed by atoms with Crippen LogP contribution in [-0.4, -0.2) is 51.1 Å². The highest BCUT2D eigenvalue weighted by molar-refractivity contribution is 7.87. The van der Waals surface area contributed by atoms with Crippen LogP contribution in [0, 0.1) is 17.8 Å². The molecule has 3 rings (SSSR count). The maximum atomic E-state index is 11.9. The van der Waals surface area contributed by atoms with Crippen LogP contribution in [-0.2, 0) is 28.6 Å². The summed E-state index contributed by atoms with van der Waals surface area (Å²) in [6.45, 7) is 3.90. The molecule has 0 aromatic carbocycles. The number of fused-ring (bicyclic) bond motifs is 1. The zero-order valence-corrected chi connectivity index (χ0v) is 14.6. The second-order valence-electron chi connectivity index (χ2n) is 6.76. The van der Waals surface area contributed by atoms with Gasteiger partial charge in [0.2, 0.25) is 0 Å². The Balaban J connectivity index is 1.42. The van der Waals surface area contributed by atoms with Crippen LogP contribution in [0.15, 0.2) is 0 Å². The molecule has 8 nitrogen and oxygen atoms in total. The number of hydrogen-bond donors (Lipinski definition) is 1. The Bertz CT molecular complexity index is 619. The number of esters is 1. The second-order valence-corrected chi connectivity index (χ2v) is 8.54. The highest BCUT2D eigenvalue weighted by Gasteiger charge is 2.65. The van der Waals surface area contributed by atoms with E-state index in [1.807, 2.05) is 6.92 Å². The van der Waals surface area contributed by atoms with E-state index in [0.29, 0.717) is 12.8 Å². The van der Waals surface area contributed by atoms with Gasteiger partial charge in [-0.2, -0.15) is 8.42 Å². The van der Waals surface area contributed by atoms with Gasteiger partial charge in [-0.05, 0) is 19.3 Å². The van der Waals surface area contributed by atoms with Crippen LogP contribution >= 0.6 is 0 Å². The maximum Gasteiger partial charge on any atom is 0.407 e. The molecule has 0 spiro atoms. The van der Waals surface area contributed by atoms with Crippen molar-refractivity contribution in [3.63, 3.8) is 0 Å². The molecule has 0 aromatic heterocycles. The van der Waals surface area contributed by atoms with Gasteiger partial charge in [0, 0.05) is 11.8 Å². The van der Waals surface area contributed by atoms with E-state index in [0.717, 1.165) is 6.42 Å². The molecule has 5 unspecified atom stereocenters. The number of amides is 1. The number of nitrogens with one attached hydrogen (secondary N) is 1. The van der Waals surface area contributed by atoms with Gasteiger partial charge in [0.05, 0.1) is 17.7 Å². The number of rotatable bonds is 6. The van der Waals surface area contributed by atoms with Crippen LogP contribution in [0.2, 0.25) is 0 Å². The van der Waals surface area contributed by atoms with Crippen LogP contribution in [0.1, 0.15) is 33.1 Å². The molecule has 0 radical (unpaired) electrons. The molecule has 1 heterocycles. The lowest BCUT2D eigenvalue weighted by Crippen LogP contribution is -2.40. The molecule has 0 aromatic rings. The normalized spacial score (nSPS) is 36.3. The van der Waals surface area contributed by atoms with Gasteiger partial charge in [0.15, 0.2) is 0 Å². The zero-order valence-electron chi connectivity index (χ0n) is 13.8. The quantitative estimate of drug-likeness (QED) is 0.424. The number of ether oxygens (including phenoxy) is 2. The topological polar surface area (TPSA) is 108 Å². The molecule has 1 saturated heterocycles. The molecular weight excluding hydrogens is 338 g/mol. The van der Waals surface area contributed by atoms with Crippen molar-refractivity contribution in [1.82, 2.24) is 5.32 Å². The monoisotopic (exact) mass is 361 g/mol. The van der Waals surface area contributed by atoms with E-state index in [-0.39, 0.29) is 36.9 Å². The molecule has 9 heteroatoms. The molecule has 2 saturated carbocycles. The van der Waals surface area contributed by atoms with Crippen molar-refractivity contribution in [2.75, 3.05) is 13.2 Å². The third-order valence-electron chi connectivity index (χ3n) is 5.29. The van der Waals surface area contributed by atoms with Crippen LogP contribution in [0.3, 0.4) is 0 Å². The van der Waals surface area contributed by atoms with Gasteiger partial charge in [0.25, 0.3) is 10.1 Å². The Kier molecular flexibility index (Phi) is 4.74. The fourth-order valence-corrected chi connectivity index (χ4v) is 5.70. The standard InChI is InChI=1S/C15H23NO7S/c1-3-8(2)14(17)21-5-4-16-15(18)22-12-9-6-10-11(7-9)24(19,20)23-13(10)12/h8-13H,3-7H2,1-2H3,(H,16,18)/t8?,9-,10?,11?,12?,13?/m0/s1. The van der Waals surface area contributed by atoms with E-state index in [4.69, 9.17) is 13.7 Å². The van der Waals surface area contributed by atoms with Gasteiger partial charge in [-0.1, -0.05) is 13.8 Å². The molecule has 1 amide bonds. The highest BCUT2D eigenvalue weighted by atomic mass is 32.2. The molecule has 2 aliphatic carbocycles. The first kappa shape index (κ1) is 17.5. The lowest BCUT2D eigenvalue weighted by Gasteiger charge is -2.24. The van der Waals surface area contributed by atoms with Gasteiger partial charge in [-0.15, -0.1) is 0 Å². The average Bonchev–Trinajstić information content (AvgIpc) is 3.14. The summed E-state index contributed by atoms with van der Waals surface area (Å²) < 4.78 is 39.2. The summed E-state index contributed by atoms with van der Waals surface area (Å²) in [5, 5.41) is 2.08. The first-order valence-corrected chi connectivity index (χ1v) is 9.83. The number of alkyl carbamates (subject to hydrolysis) is 1. The molecule has 3 aliphatic rings. The summed E-state index contributed by atoms with van der Waals surface area (Å²) >= 11 is 0. The minimum Gasteiger partial charge on any atom is -0.464 e. The third-order valence-corrected chi connectivity index (χ3v) is 7.06. The van der Waals surface area contributed by atoms with Crippen molar-refractivity contribution in [1.29, 1.82) is 0 Å². The SMILES string of the molecule is CCC(C)C(=O)OCCNC(=O)OC1C2OS(=O)(=O)C3C[C@@H]1CC23. The van der Waals surface area contributed by atoms with E-state index in [1.54, 1.807) is 6.92 Å². The Labute approximate surface area is 141 Å². The van der Waals surface area contributed by atoms with Crippen LogP contribution in [0.5, 0.6) is 0 Å². The molecule has 3 fully saturated rings. The van der Waals surface area contributed by atoms with Crippen molar-refractivity contribution < 1.29 is 31.7 Å². The Morgan fingerprint density at radius 1 is 1.33 bits per heavy atom. The molecule has 1 aliphatic heterocycles. The van der Waals surface area contributed by atoms with Gasteiger partial charge >= 0.3 is 12.1 Å². The van der Waals surface area contributed by atoms with Gasteiger partial charge in [-0.3, -0.25) is 8.98 Å². The first-order valence-electron chi connectivity index (χ1n) is 8.36. The average molecular weight is 361 g/mol. The molecule has 6 atom stereocenters. The number of carbonyl (C=O) groups excluding carboxylic acids is 2. The Morgan fingerprint density at radius 2 is 2.08 bits per heavy atom. The fourth-order valence-electron chi connectivity index (χ4n) is 3.82. The predicted molar refractivity (Wildman–Crippen MR) is 82.5 cm³/mol. The van der Waals surface area contributed by atoms with Gasteiger partial charge in [0.1, 0.15) is 18.8 Å². The second kappa shape index (κ2) is 6.51. The summed E-state index contributed by atoms with van der Waals surface area (Å²) in [5.41, 5.74) is 0. The highest BCUT2D eigenvalue weighted by Crippen LogP contribution is 2.55. The number of carbonyl (C=O) groups is 2. The van der Waals surface area contributed by atoms with Gasteiger partial charge in [-0.25, -0.2) is 4.79 Å². The van der Waals surface area contributed by atoms with E-state index in [1.165, 1.54) is 0 Å². The van der Waals surface area contributed by atoms with Crippen molar-refractivity contribution in [3.05, 3.63) is 0 Å². The van der Waals surface area contributed by atoms with Gasteiger partial charge < -0.3 is 14.8 Å². The first-order chi connectivity index (χ1) is 11.3. The van der Waals surface area contributed by atoms with E-state index in [9.17, 15) is 18.0 Å². The minimum atomic E-state index is -3.51. The molecule has 2 bridgehead atoms. The summed E-state index contributed by atoms with van der Waals surface area (Å²) in [7, 11) is -3.51. The number of hydrogen-bond acceptors (Lipinski definition) is 7.